The van der Waals surface area contributed by atoms with Crippen LogP contribution in [-0.4, -0.2) is 11.9 Å². The lowest BCUT2D eigenvalue weighted by molar-refractivity contribution is -0.121. The minimum atomic E-state index is -0.324. The van der Waals surface area contributed by atoms with Gasteiger partial charge >= 0.3 is 0 Å². The van der Waals surface area contributed by atoms with Gasteiger partial charge in [0.05, 0.1) is 6.42 Å². The quantitative estimate of drug-likeness (QED) is 0.688. The molecule has 1 N–H and O–H groups in total. The predicted octanol–water partition coefficient (Wildman–Crippen LogP) is 4.71. The lowest BCUT2D eigenvalue weighted by atomic mass is 9.85. The van der Waals surface area contributed by atoms with Crippen LogP contribution in [0.2, 0.25) is 0 Å². The largest absolute Gasteiger partial charge is 0.352 e. The zero-order valence-electron chi connectivity index (χ0n) is 14.7. The third-order valence-electron chi connectivity index (χ3n) is 4.46. The molecule has 0 saturated carbocycles. The summed E-state index contributed by atoms with van der Waals surface area (Å²) in [5, 5.41) is 3.08. The third kappa shape index (κ3) is 4.57. The Morgan fingerprint density at radius 3 is 2.00 bits per heavy atom. The van der Waals surface area contributed by atoms with Crippen molar-refractivity contribution < 1.29 is 9.18 Å². The topological polar surface area (TPSA) is 29.1 Å². The van der Waals surface area contributed by atoms with E-state index in [1.54, 1.807) is 12.1 Å². The van der Waals surface area contributed by atoms with Crippen molar-refractivity contribution in [3.05, 3.63) is 107 Å². The Hall–Kier alpha value is -2.94. The number of hydrogen-bond acceptors (Lipinski definition) is 1. The van der Waals surface area contributed by atoms with Crippen molar-refractivity contribution in [1.29, 1.82) is 0 Å². The Morgan fingerprint density at radius 2 is 1.46 bits per heavy atom. The number of rotatable bonds is 6. The summed E-state index contributed by atoms with van der Waals surface area (Å²) in [7, 11) is 0. The molecule has 3 aromatic carbocycles. The second-order valence-electron chi connectivity index (χ2n) is 6.46. The molecular weight excluding hydrogens is 325 g/mol. The van der Waals surface area contributed by atoms with E-state index in [9.17, 15) is 9.18 Å². The second-order valence-corrected chi connectivity index (χ2v) is 6.46. The third-order valence-corrected chi connectivity index (χ3v) is 4.46. The van der Waals surface area contributed by atoms with E-state index in [4.69, 9.17) is 0 Å². The van der Waals surface area contributed by atoms with Crippen LogP contribution in [0.1, 0.15) is 29.5 Å². The normalized spacial score (nSPS) is 12.0. The molecule has 0 heterocycles. The summed E-state index contributed by atoms with van der Waals surface area (Å²) in [5.74, 6) is -0.386. The molecule has 0 radical (unpaired) electrons. The molecule has 0 aromatic heterocycles. The van der Waals surface area contributed by atoms with E-state index >= 15 is 0 Å². The van der Waals surface area contributed by atoms with E-state index in [1.807, 2.05) is 43.3 Å². The highest BCUT2D eigenvalue weighted by molar-refractivity contribution is 5.79. The molecule has 2 nitrogen and oxygen atoms in total. The van der Waals surface area contributed by atoms with Crippen molar-refractivity contribution in [3.63, 3.8) is 0 Å². The van der Waals surface area contributed by atoms with Crippen molar-refractivity contribution in [3.8, 4) is 0 Å². The van der Waals surface area contributed by atoms with Gasteiger partial charge in [0, 0.05) is 12.0 Å². The molecule has 0 aliphatic carbocycles. The molecule has 3 aromatic rings. The van der Waals surface area contributed by atoms with Gasteiger partial charge in [0.1, 0.15) is 5.82 Å². The summed E-state index contributed by atoms with van der Waals surface area (Å²) in [6.07, 6.45) is 0.165. The highest BCUT2D eigenvalue weighted by Gasteiger charge is 2.22. The zero-order valence-corrected chi connectivity index (χ0v) is 14.7. The van der Waals surface area contributed by atoms with Gasteiger partial charge in [-0.3, -0.25) is 4.79 Å². The molecule has 132 valence electrons. The minimum absolute atomic E-state index is 0.0499. The number of amides is 1. The van der Waals surface area contributed by atoms with Crippen LogP contribution >= 0.6 is 0 Å². The molecule has 0 aliphatic rings. The summed E-state index contributed by atoms with van der Waals surface area (Å²) in [6.45, 7) is 2.01. The summed E-state index contributed by atoms with van der Waals surface area (Å²) < 4.78 is 13.3. The van der Waals surface area contributed by atoms with Crippen molar-refractivity contribution in [2.75, 3.05) is 0 Å². The number of benzene rings is 3. The van der Waals surface area contributed by atoms with Crippen LogP contribution in [0, 0.1) is 5.82 Å². The van der Waals surface area contributed by atoms with Gasteiger partial charge in [-0.2, -0.15) is 0 Å². The Morgan fingerprint density at radius 1 is 0.885 bits per heavy atom. The molecule has 0 spiro atoms. The monoisotopic (exact) mass is 347 g/mol. The maximum atomic E-state index is 13.3. The average Bonchev–Trinajstić information content (AvgIpc) is 2.63. The van der Waals surface area contributed by atoms with Gasteiger partial charge in [0.25, 0.3) is 0 Å². The number of halogens is 1. The average molecular weight is 347 g/mol. The molecule has 26 heavy (non-hydrogen) atoms. The summed E-state index contributed by atoms with van der Waals surface area (Å²) in [4.78, 5) is 12.5. The van der Waals surface area contributed by atoms with E-state index in [2.05, 4.69) is 29.6 Å². The van der Waals surface area contributed by atoms with Gasteiger partial charge < -0.3 is 5.32 Å². The Balaban J connectivity index is 1.77. The number of carbonyl (C=O) groups is 1. The number of nitrogens with one attached hydrogen (secondary N) is 1. The number of carbonyl (C=O) groups excluding carboxylic acids is 1. The fourth-order valence-electron chi connectivity index (χ4n) is 3.31. The zero-order chi connectivity index (χ0) is 18.4. The fraction of sp³-hybridized carbons (Fsp3) is 0.174. The smallest absolute Gasteiger partial charge is 0.224 e. The summed E-state index contributed by atoms with van der Waals surface area (Å²) >= 11 is 0. The van der Waals surface area contributed by atoms with Crippen LogP contribution in [0.3, 0.4) is 0 Å². The first kappa shape index (κ1) is 17.9. The second kappa shape index (κ2) is 8.43. The fourth-order valence-corrected chi connectivity index (χ4v) is 3.31. The maximum Gasteiger partial charge on any atom is 0.224 e. The standard InChI is InChI=1S/C23H22FNO/c1-17(25-22(26)16-18-9-8-14-21(24)15-18)23(19-10-4-2-5-11-19)20-12-6-3-7-13-20/h2-15,17,23H,16H2,1H3,(H,25,26). The maximum absolute atomic E-state index is 13.3. The molecule has 1 unspecified atom stereocenters. The van der Waals surface area contributed by atoms with E-state index in [-0.39, 0.29) is 30.1 Å². The van der Waals surface area contributed by atoms with Crippen molar-refractivity contribution in [2.45, 2.75) is 25.3 Å². The van der Waals surface area contributed by atoms with Crippen LogP contribution in [0.5, 0.6) is 0 Å². The molecule has 0 aliphatic heterocycles. The van der Waals surface area contributed by atoms with Gasteiger partial charge in [0.2, 0.25) is 5.91 Å². The first-order valence-corrected chi connectivity index (χ1v) is 8.77. The van der Waals surface area contributed by atoms with E-state index in [0.29, 0.717) is 5.56 Å². The predicted molar refractivity (Wildman–Crippen MR) is 102 cm³/mol. The Bertz CT molecular complexity index is 809. The molecule has 3 heteroatoms. The first-order valence-electron chi connectivity index (χ1n) is 8.77. The molecular formula is C23H22FNO. The first-order chi connectivity index (χ1) is 12.6. The van der Waals surface area contributed by atoms with Crippen LogP contribution < -0.4 is 5.32 Å². The van der Waals surface area contributed by atoms with Crippen molar-refractivity contribution in [2.24, 2.45) is 0 Å². The van der Waals surface area contributed by atoms with Gasteiger partial charge in [-0.1, -0.05) is 72.8 Å². The van der Waals surface area contributed by atoms with E-state index in [1.165, 1.54) is 12.1 Å². The Labute approximate surface area is 153 Å². The summed E-state index contributed by atoms with van der Waals surface area (Å²) in [5.41, 5.74) is 2.97. The highest BCUT2D eigenvalue weighted by Crippen LogP contribution is 2.28. The van der Waals surface area contributed by atoms with Crippen LogP contribution in [0.15, 0.2) is 84.9 Å². The molecule has 3 rings (SSSR count). The van der Waals surface area contributed by atoms with Crippen LogP contribution in [0.25, 0.3) is 0 Å². The van der Waals surface area contributed by atoms with E-state index in [0.717, 1.165) is 11.1 Å². The van der Waals surface area contributed by atoms with Crippen molar-refractivity contribution >= 4 is 5.91 Å². The molecule has 0 saturated heterocycles. The Kier molecular flexibility index (Phi) is 5.80. The minimum Gasteiger partial charge on any atom is -0.352 e. The summed E-state index contributed by atoms with van der Waals surface area (Å²) in [6, 6.07) is 26.4. The van der Waals surface area contributed by atoms with Gasteiger partial charge in [0.15, 0.2) is 0 Å². The van der Waals surface area contributed by atoms with Gasteiger partial charge in [-0.15, -0.1) is 0 Å². The van der Waals surface area contributed by atoms with Gasteiger partial charge in [-0.05, 0) is 35.7 Å². The van der Waals surface area contributed by atoms with Crippen LogP contribution in [0.4, 0.5) is 4.39 Å². The van der Waals surface area contributed by atoms with Crippen LogP contribution in [-0.2, 0) is 11.2 Å². The lowest BCUT2D eigenvalue weighted by Gasteiger charge is -2.26. The van der Waals surface area contributed by atoms with Crippen molar-refractivity contribution in [1.82, 2.24) is 5.32 Å². The van der Waals surface area contributed by atoms with E-state index < -0.39 is 0 Å². The number of hydrogen-bond donors (Lipinski definition) is 1. The highest BCUT2D eigenvalue weighted by atomic mass is 19.1. The molecule has 1 atom stereocenters. The SMILES string of the molecule is CC(NC(=O)Cc1cccc(F)c1)C(c1ccccc1)c1ccccc1. The molecule has 0 bridgehead atoms. The molecule has 0 fully saturated rings. The van der Waals surface area contributed by atoms with Gasteiger partial charge in [-0.25, -0.2) is 4.39 Å². The lowest BCUT2D eigenvalue weighted by Crippen LogP contribution is -2.38. The molecule has 1 amide bonds.